The van der Waals surface area contributed by atoms with Gasteiger partial charge in [0.15, 0.2) is 0 Å². The van der Waals surface area contributed by atoms with Crippen molar-refractivity contribution in [1.82, 2.24) is 10.2 Å². The molecule has 0 aromatic heterocycles. The summed E-state index contributed by atoms with van der Waals surface area (Å²) in [5.41, 5.74) is 1.94. The van der Waals surface area contributed by atoms with Gasteiger partial charge in [-0.15, -0.1) is 0 Å². The lowest BCUT2D eigenvalue weighted by Crippen LogP contribution is -2.48. The van der Waals surface area contributed by atoms with Crippen LogP contribution in [0.25, 0.3) is 6.08 Å². The monoisotopic (exact) mass is 450 g/mol. The minimum absolute atomic E-state index is 0.00599. The van der Waals surface area contributed by atoms with E-state index in [1.54, 1.807) is 12.1 Å². The van der Waals surface area contributed by atoms with E-state index in [0.717, 1.165) is 63.9 Å². The molecule has 9 heteroatoms. The molecule has 0 aliphatic heterocycles. The fourth-order valence-electron chi connectivity index (χ4n) is 4.28. The Kier molecular flexibility index (Phi) is 8.22. The molecular weight excluding hydrogens is 420 g/mol. The highest BCUT2D eigenvalue weighted by atomic mass is 32.2. The maximum absolute atomic E-state index is 13.1. The Balaban J connectivity index is 1.79. The Labute approximate surface area is 183 Å². The first-order valence-electron chi connectivity index (χ1n) is 10.8. The van der Waals surface area contributed by atoms with Crippen molar-refractivity contribution in [3.05, 3.63) is 35.9 Å². The Hall–Kier alpha value is -2.23. The Morgan fingerprint density at radius 2 is 1.74 bits per heavy atom. The highest BCUT2D eigenvalue weighted by Gasteiger charge is 2.36. The van der Waals surface area contributed by atoms with E-state index < -0.39 is 27.9 Å². The number of hydrogen-bond acceptors (Lipinski definition) is 6. The number of carbonyl (C=O) groups excluding carboxylic acids is 2. The molecule has 2 aliphatic rings. The van der Waals surface area contributed by atoms with Gasteiger partial charge in [-0.2, -0.15) is 4.72 Å². The predicted molar refractivity (Wildman–Crippen MR) is 114 cm³/mol. The molecule has 8 nitrogen and oxygen atoms in total. The third-order valence-electron chi connectivity index (χ3n) is 5.95. The number of amides is 1. The molecule has 2 saturated carbocycles. The molecule has 3 rings (SSSR count). The summed E-state index contributed by atoms with van der Waals surface area (Å²) in [6.45, 7) is 0. The van der Waals surface area contributed by atoms with Crippen molar-refractivity contribution in [3.63, 3.8) is 0 Å². The number of ether oxygens (including phenoxy) is 1. The van der Waals surface area contributed by atoms with Crippen molar-refractivity contribution < 1.29 is 28.0 Å². The van der Waals surface area contributed by atoms with Crippen molar-refractivity contribution in [2.45, 2.75) is 74.8 Å². The van der Waals surface area contributed by atoms with E-state index in [-0.39, 0.29) is 16.9 Å². The van der Waals surface area contributed by atoms with E-state index in [0.29, 0.717) is 5.56 Å². The topological polar surface area (TPSA) is 122 Å². The molecule has 2 fully saturated rings. The molecule has 0 saturated heterocycles. The van der Waals surface area contributed by atoms with Crippen molar-refractivity contribution >= 4 is 28.0 Å². The number of hydrogen-bond donors (Lipinski definition) is 3. The zero-order valence-electron chi connectivity index (χ0n) is 17.5. The largest absolute Gasteiger partial charge is 0.461 e. The zero-order valence-corrected chi connectivity index (χ0v) is 18.3. The molecule has 31 heavy (non-hydrogen) atoms. The third-order valence-corrected chi connectivity index (χ3v) is 7.39. The SMILES string of the molecule is O=C(/C=C/c1cccc(S(=O)(=O)N[C@H](C(=O)OC2CCCC2)C2CCCCC2)c1)NO. The standard InChI is InChI=1S/C22H30N2O6S/c25-20(23-27)14-13-16-7-6-12-19(15-16)31(28,29)24-21(17-8-2-1-3-9-17)22(26)30-18-10-4-5-11-18/h6-7,12-15,17-18,21,24,27H,1-5,8-11H2,(H,23,25)/b14-13+/t21-/m0/s1. The highest BCUT2D eigenvalue weighted by Crippen LogP contribution is 2.29. The van der Waals surface area contributed by atoms with Crippen molar-refractivity contribution in [2.75, 3.05) is 0 Å². The summed E-state index contributed by atoms with van der Waals surface area (Å²) in [6.07, 6.45) is 10.6. The lowest BCUT2D eigenvalue weighted by Gasteiger charge is -2.30. The maximum atomic E-state index is 13.1. The number of hydroxylamine groups is 1. The van der Waals surface area contributed by atoms with Gasteiger partial charge in [-0.3, -0.25) is 14.8 Å². The molecule has 0 spiro atoms. The van der Waals surface area contributed by atoms with Gasteiger partial charge >= 0.3 is 5.97 Å². The number of nitrogens with one attached hydrogen (secondary N) is 2. The van der Waals surface area contributed by atoms with Gasteiger partial charge in [-0.25, -0.2) is 13.9 Å². The van der Waals surface area contributed by atoms with E-state index in [1.807, 2.05) is 0 Å². The fourth-order valence-corrected chi connectivity index (χ4v) is 5.59. The number of carbonyl (C=O) groups is 2. The average molecular weight is 451 g/mol. The Bertz CT molecular complexity index is 902. The zero-order chi connectivity index (χ0) is 22.3. The molecule has 2 aliphatic carbocycles. The summed E-state index contributed by atoms with van der Waals surface area (Å²) < 4.78 is 34.5. The van der Waals surface area contributed by atoms with Crippen LogP contribution in [0.1, 0.15) is 63.4 Å². The molecule has 0 bridgehead atoms. The van der Waals surface area contributed by atoms with Gasteiger partial charge in [0, 0.05) is 6.08 Å². The lowest BCUT2D eigenvalue weighted by molar-refractivity contribution is -0.152. The van der Waals surface area contributed by atoms with Gasteiger partial charge in [0.05, 0.1) is 4.90 Å². The van der Waals surface area contributed by atoms with Gasteiger partial charge in [0.1, 0.15) is 12.1 Å². The van der Waals surface area contributed by atoms with Gasteiger partial charge in [-0.05, 0) is 68.2 Å². The summed E-state index contributed by atoms with van der Waals surface area (Å²) in [5.74, 6) is -1.30. The maximum Gasteiger partial charge on any atom is 0.324 e. The normalized spacial score (nSPS) is 19.4. The fraction of sp³-hybridized carbons (Fsp3) is 0.545. The van der Waals surface area contributed by atoms with Crippen LogP contribution in [0.3, 0.4) is 0 Å². The van der Waals surface area contributed by atoms with Crippen molar-refractivity contribution in [1.29, 1.82) is 0 Å². The van der Waals surface area contributed by atoms with Crippen LogP contribution >= 0.6 is 0 Å². The first-order valence-corrected chi connectivity index (χ1v) is 12.3. The summed E-state index contributed by atoms with van der Waals surface area (Å²) in [7, 11) is -3.99. The van der Waals surface area contributed by atoms with Gasteiger partial charge in [0.2, 0.25) is 10.0 Å². The predicted octanol–water partition coefficient (Wildman–Crippen LogP) is 2.92. The molecule has 3 N–H and O–H groups in total. The van der Waals surface area contributed by atoms with Crippen LogP contribution in [0, 0.1) is 5.92 Å². The Morgan fingerprint density at radius 3 is 2.42 bits per heavy atom. The average Bonchev–Trinajstić information content (AvgIpc) is 3.29. The summed E-state index contributed by atoms with van der Waals surface area (Å²) in [5, 5.41) is 8.57. The molecule has 0 unspecified atom stereocenters. The highest BCUT2D eigenvalue weighted by molar-refractivity contribution is 7.89. The van der Waals surface area contributed by atoms with E-state index in [9.17, 15) is 18.0 Å². The molecule has 0 radical (unpaired) electrons. The van der Waals surface area contributed by atoms with Crippen LogP contribution in [0.15, 0.2) is 35.2 Å². The molecule has 1 amide bonds. The van der Waals surface area contributed by atoms with Crippen LogP contribution in [-0.4, -0.2) is 37.6 Å². The smallest absolute Gasteiger partial charge is 0.324 e. The third kappa shape index (κ3) is 6.62. The molecule has 170 valence electrons. The summed E-state index contributed by atoms with van der Waals surface area (Å²) in [6, 6.07) is 5.12. The minimum Gasteiger partial charge on any atom is -0.461 e. The first-order chi connectivity index (χ1) is 14.9. The van der Waals surface area contributed by atoms with Crippen LogP contribution in [0.5, 0.6) is 0 Å². The summed E-state index contributed by atoms with van der Waals surface area (Å²) >= 11 is 0. The molecule has 0 heterocycles. The molecular formula is C22H30N2O6S. The van der Waals surface area contributed by atoms with Crippen LogP contribution in [0.4, 0.5) is 0 Å². The Morgan fingerprint density at radius 1 is 1.06 bits per heavy atom. The lowest BCUT2D eigenvalue weighted by atomic mass is 9.84. The van der Waals surface area contributed by atoms with E-state index in [2.05, 4.69) is 4.72 Å². The second-order valence-electron chi connectivity index (χ2n) is 8.22. The number of rotatable bonds is 8. The van der Waals surface area contributed by atoms with E-state index >= 15 is 0 Å². The molecule has 1 aromatic carbocycles. The van der Waals surface area contributed by atoms with E-state index in [1.165, 1.54) is 23.7 Å². The van der Waals surface area contributed by atoms with Crippen molar-refractivity contribution in [3.8, 4) is 0 Å². The van der Waals surface area contributed by atoms with Crippen LogP contribution in [0.2, 0.25) is 0 Å². The molecule has 1 aromatic rings. The number of esters is 1. The quantitative estimate of drug-likeness (QED) is 0.242. The number of benzene rings is 1. The van der Waals surface area contributed by atoms with Crippen LogP contribution in [-0.2, 0) is 24.3 Å². The van der Waals surface area contributed by atoms with Crippen LogP contribution < -0.4 is 10.2 Å². The summed E-state index contributed by atoms with van der Waals surface area (Å²) in [4.78, 5) is 24.1. The van der Waals surface area contributed by atoms with E-state index in [4.69, 9.17) is 9.94 Å². The second kappa shape index (κ2) is 10.9. The number of sulfonamides is 1. The first kappa shape index (κ1) is 23.4. The van der Waals surface area contributed by atoms with Gasteiger partial charge in [0.25, 0.3) is 5.91 Å². The second-order valence-corrected chi connectivity index (χ2v) is 9.94. The molecule has 1 atom stereocenters. The van der Waals surface area contributed by atoms with Gasteiger partial charge < -0.3 is 4.74 Å². The van der Waals surface area contributed by atoms with Gasteiger partial charge in [-0.1, -0.05) is 31.4 Å². The van der Waals surface area contributed by atoms with Crippen molar-refractivity contribution in [2.24, 2.45) is 5.92 Å². The minimum atomic E-state index is -3.99.